The van der Waals surface area contributed by atoms with Gasteiger partial charge in [-0.1, -0.05) is 12.1 Å². The van der Waals surface area contributed by atoms with Crippen molar-refractivity contribution in [2.75, 3.05) is 0 Å². The summed E-state index contributed by atoms with van der Waals surface area (Å²) in [5.41, 5.74) is 5.77. The standard InChI is InChI=1S/C13H16N2O5/c14-13(20)10(7-12(18)19)15-11(17)5-4-8-2-1-3-9(16)6-8/h1-3,6,10,16H,4-5,7H2,(H2,14,20)(H,15,17)(H,18,19)/t10-/m0/s1. The normalized spacial score (nSPS) is 11.6. The van der Waals surface area contributed by atoms with E-state index in [1.54, 1.807) is 12.1 Å². The van der Waals surface area contributed by atoms with Gasteiger partial charge in [0.1, 0.15) is 11.8 Å². The molecule has 1 aromatic carbocycles. The molecule has 0 unspecified atom stereocenters. The number of nitrogens with one attached hydrogen (secondary N) is 1. The summed E-state index contributed by atoms with van der Waals surface area (Å²) in [5.74, 6) is -2.48. The maximum absolute atomic E-state index is 11.6. The minimum atomic E-state index is -1.22. The van der Waals surface area contributed by atoms with Crippen molar-refractivity contribution in [2.45, 2.75) is 25.3 Å². The Bertz CT molecular complexity index is 515. The Balaban J connectivity index is 2.49. The van der Waals surface area contributed by atoms with Crippen molar-refractivity contribution in [3.05, 3.63) is 29.8 Å². The van der Waals surface area contributed by atoms with Crippen LogP contribution < -0.4 is 11.1 Å². The maximum Gasteiger partial charge on any atom is 0.305 e. The highest BCUT2D eigenvalue weighted by Crippen LogP contribution is 2.12. The molecular weight excluding hydrogens is 264 g/mol. The van der Waals surface area contributed by atoms with Gasteiger partial charge in [0.2, 0.25) is 11.8 Å². The minimum Gasteiger partial charge on any atom is -0.508 e. The van der Waals surface area contributed by atoms with E-state index >= 15 is 0 Å². The van der Waals surface area contributed by atoms with Crippen LogP contribution in [0, 0.1) is 0 Å². The number of carbonyl (C=O) groups is 3. The molecule has 0 radical (unpaired) electrons. The molecular formula is C13H16N2O5. The highest BCUT2D eigenvalue weighted by molar-refractivity contribution is 5.89. The molecule has 108 valence electrons. The van der Waals surface area contributed by atoms with Crippen molar-refractivity contribution in [3.63, 3.8) is 0 Å². The van der Waals surface area contributed by atoms with Crippen molar-refractivity contribution in [3.8, 4) is 5.75 Å². The van der Waals surface area contributed by atoms with Gasteiger partial charge in [0, 0.05) is 6.42 Å². The lowest BCUT2D eigenvalue weighted by atomic mass is 10.1. The highest BCUT2D eigenvalue weighted by Gasteiger charge is 2.20. The molecule has 0 aliphatic carbocycles. The van der Waals surface area contributed by atoms with Crippen LogP contribution in [0.1, 0.15) is 18.4 Å². The first-order chi connectivity index (χ1) is 9.38. The molecule has 0 saturated heterocycles. The smallest absolute Gasteiger partial charge is 0.305 e. The molecule has 0 saturated carbocycles. The number of nitrogens with two attached hydrogens (primary N) is 1. The molecule has 1 rings (SSSR count). The molecule has 7 heteroatoms. The van der Waals surface area contributed by atoms with Crippen LogP contribution in [-0.2, 0) is 20.8 Å². The lowest BCUT2D eigenvalue weighted by Gasteiger charge is -2.13. The number of rotatable bonds is 7. The van der Waals surface area contributed by atoms with E-state index in [2.05, 4.69) is 5.32 Å². The SMILES string of the molecule is NC(=O)[C@H](CC(=O)O)NC(=O)CCc1cccc(O)c1. The average Bonchev–Trinajstić information content (AvgIpc) is 2.35. The lowest BCUT2D eigenvalue weighted by molar-refractivity contribution is -0.140. The highest BCUT2D eigenvalue weighted by atomic mass is 16.4. The Morgan fingerprint density at radius 1 is 1.30 bits per heavy atom. The molecule has 0 aromatic heterocycles. The van der Waals surface area contributed by atoms with Crippen LogP contribution >= 0.6 is 0 Å². The second-order valence-corrected chi connectivity index (χ2v) is 4.29. The third-order valence-electron chi connectivity index (χ3n) is 2.61. The number of hydrogen-bond acceptors (Lipinski definition) is 4. The summed E-state index contributed by atoms with van der Waals surface area (Å²) < 4.78 is 0. The van der Waals surface area contributed by atoms with Gasteiger partial charge in [0.15, 0.2) is 0 Å². The number of carboxylic acids is 1. The van der Waals surface area contributed by atoms with Crippen LogP contribution in [0.15, 0.2) is 24.3 Å². The molecule has 1 atom stereocenters. The summed E-state index contributed by atoms with van der Waals surface area (Å²) in [6.07, 6.45) is -0.126. The van der Waals surface area contributed by atoms with Crippen LogP contribution in [0.2, 0.25) is 0 Å². The second-order valence-electron chi connectivity index (χ2n) is 4.29. The first-order valence-corrected chi connectivity index (χ1v) is 5.97. The number of aryl methyl sites for hydroxylation is 1. The van der Waals surface area contributed by atoms with Crippen LogP contribution in [0.3, 0.4) is 0 Å². The van der Waals surface area contributed by atoms with E-state index in [9.17, 15) is 19.5 Å². The van der Waals surface area contributed by atoms with Gasteiger partial charge in [-0.2, -0.15) is 0 Å². The van der Waals surface area contributed by atoms with Crippen molar-refractivity contribution in [1.29, 1.82) is 0 Å². The number of phenols is 1. The quantitative estimate of drug-likeness (QED) is 0.548. The van der Waals surface area contributed by atoms with Crippen molar-refractivity contribution in [2.24, 2.45) is 5.73 Å². The number of carbonyl (C=O) groups excluding carboxylic acids is 2. The molecule has 0 bridgehead atoms. The number of carboxylic acid groups (broad SMARTS) is 1. The predicted octanol–water partition coefficient (Wildman–Crippen LogP) is -0.230. The van der Waals surface area contributed by atoms with Crippen molar-refractivity contribution in [1.82, 2.24) is 5.32 Å². The second kappa shape index (κ2) is 7.13. The molecule has 20 heavy (non-hydrogen) atoms. The first kappa shape index (κ1) is 15.5. The van der Waals surface area contributed by atoms with Crippen molar-refractivity contribution >= 4 is 17.8 Å². The molecule has 0 fully saturated rings. The number of hydrogen-bond donors (Lipinski definition) is 4. The number of aliphatic carboxylic acids is 1. The zero-order valence-corrected chi connectivity index (χ0v) is 10.7. The molecule has 0 aliphatic heterocycles. The maximum atomic E-state index is 11.6. The van der Waals surface area contributed by atoms with Gasteiger partial charge in [-0.15, -0.1) is 0 Å². The van der Waals surface area contributed by atoms with E-state index in [4.69, 9.17) is 10.8 Å². The Morgan fingerprint density at radius 2 is 2.00 bits per heavy atom. The molecule has 0 spiro atoms. The molecule has 5 N–H and O–H groups in total. The summed E-state index contributed by atoms with van der Waals surface area (Å²) in [4.78, 5) is 33.1. The van der Waals surface area contributed by atoms with Crippen LogP contribution in [0.4, 0.5) is 0 Å². The Hall–Kier alpha value is -2.57. The van der Waals surface area contributed by atoms with E-state index in [0.717, 1.165) is 5.56 Å². The fourth-order valence-electron chi connectivity index (χ4n) is 1.63. The Labute approximate surface area is 115 Å². The monoisotopic (exact) mass is 280 g/mol. The Kier molecular flexibility index (Phi) is 5.52. The van der Waals surface area contributed by atoms with Gasteiger partial charge in [0.25, 0.3) is 0 Å². The number of benzene rings is 1. The van der Waals surface area contributed by atoms with Gasteiger partial charge in [-0.3, -0.25) is 14.4 Å². The summed E-state index contributed by atoms with van der Waals surface area (Å²) in [7, 11) is 0. The van der Waals surface area contributed by atoms with Gasteiger partial charge in [-0.05, 0) is 24.1 Å². The zero-order valence-electron chi connectivity index (χ0n) is 10.7. The molecule has 0 heterocycles. The van der Waals surface area contributed by atoms with Crippen LogP contribution in [0.5, 0.6) is 5.75 Å². The van der Waals surface area contributed by atoms with Gasteiger partial charge < -0.3 is 21.3 Å². The number of amides is 2. The predicted molar refractivity (Wildman–Crippen MR) is 69.8 cm³/mol. The van der Waals surface area contributed by atoms with Crippen LogP contribution in [0.25, 0.3) is 0 Å². The Morgan fingerprint density at radius 3 is 2.55 bits per heavy atom. The summed E-state index contributed by atoms with van der Waals surface area (Å²) in [6.45, 7) is 0. The molecule has 7 nitrogen and oxygen atoms in total. The molecule has 0 aliphatic rings. The van der Waals surface area contributed by atoms with E-state index in [-0.39, 0.29) is 12.2 Å². The number of primary amides is 1. The number of aromatic hydroxyl groups is 1. The third kappa shape index (κ3) is 5.38. The first-order valence-electron chi connectivity index (χ1n) is 5.97. The summed E-state index contributed by atoms with van der Waals surface area (Å²) >= 11 is 0. The fourth-order valence-corrected chi connectivity index (χ4v) is 1.63. The zero-order chi connectivity index (χ0) is 15.1. The lowest BCUT2D eigenvalue weighted by Crippen LogP contribution is -2.45. The minimum absolute atomic E-state index is 0.0624. The molecule has 2 amide bonds. The topological polar surface area (TPSA) is 130 Å². The van der Waals surface area contributed by atoms with Crippen LogP contribution in [-0.4, -0.2) is 34.0 Å². The van der Waals surface area contributed by atoms with E-state index in [0.29, 0.717) is 6.42 Å². The summed E-state index contributed by atoms with van der Waals surface area (Å²) in [6, 6.07) is 5.22. The van der Waals surface area contributed by atoms with E-state index in [1.165, 1.54) is 12.1 Å². The van der Waals surface area contributed by atoms with Gasteiger partial charge in [0.05, 0.1) is 6.42 Å². The summed E-state index contributed by atoms with van der Waals surface area (Å²) in [5, 5.41) is 20.1. The van der Waals surface area contributed by atoms with E-state index in [1.807, 2.05) is 0 Å². The molecule has 1 aromatic rings. The largest absolute Gasteiger partial charge is 0.508 e. The third-order valence-corrected chi connectivity index (χ3v) is 2.61. The number of phenolic OH excluding ortho intramolecular Hbond substituents is 1. The van der Waals surface area contributed by atoms with Gasteiger partial charge in [-0.25, -0.2) is 0 Å². The van der Waals surface area contributed by atoms with Crippen molar-refractivity contribution < 1.29 is 24.6 Å². The fraction of sp³-hybridized carbons (Fsp3) is 0.308. The van der Waals surface area contributed by atoms with Gasteiger partial charge >= 0.3 is 5.97 Å². The average molecular weight is 280 g/mol. The van der Waals surface area contributed by atoms with E-state index < -0.39 is 30.2 Å².